The van der Waals surface area contributed by atoms with E-state index in [9.17, 15) is 9.59 Å². The molecule has 1 saturated heterocycles. The van der Waals surface area contributed by atoms with E-state index in [2.05, 4.69) is 5.32 Å². The third-order valence-electron chi connectivity index (χ3n) is 5.37. The first-order valence-electron chi connectivity index (χ1n) is 10.4. The number of hydrogen-bond acceptors (Lipinski definition) is 4. The van der Waals surface area contributed by atoms with E-state index in [0.717, 1.165) is 35.2 Å². The van der Waals surface area contributed by atoms with Gasteiger partial charge in [0.05, 0.1) is 6.10 Å². The number of nitrogens with one attached hydrogen (secondary N) is 1. The van der Waals surface area contributed by atoms with Gasteiger partial charge in [0.15, 0.2) is 6.61 Å². The highest BCUT2D eigenvalue weighted by Gasteiger charge is 2.25. The second-order valence-corrected chi connectivity index (χ2v) is 7.81. The number of benzene rings is 2. The molecule has 6 nitrogen and oxygen atoms in total. The second-order valence-electron chi connectivity index (χ2n) is 7.81. The van der Waals surface area contributed by atoms with Crippen LogP contribution in [0.3, 0.4) is 0 Å². The predicted molar refractivity (Wildman–Crippen MR) is 117 cm³/mol. The molecular formula is C24H30N2O4. The SMILES string of the molecule is Cc1cccc(OCC(=O)N(CC(=O)Nc2cccc(C)c2C)C[C@@H]2CCCO2)c1. The number of carbonyl (C=O) groups excluding carboxylic acids is 2. The minimum absolute atomic E-state index is 0.0384. The molecule has 1 aliphatic rings. The molecule has 0 bridgehead atoms. The number of carbonyl (C=O) groups is 2. The molecule has 1 aliphatic heterocycles. The van der Waals surface area contributed by atoms with E-state index in [-0.39, 0.29) is 31.1 Å². The van der Waals surface area contributed by atoms with Crippen molar-refractivity contribution in [1.82, 2.24) is 4.90 Å². The highest BCUT2D eigenvalue weighted by Crippen LogP contribution is 2.19. The summed E-state index contributed by atoms with van der Waals surface area (Å²) in [4.78, 5) is 27.1. The van der Waals surface area contributed by atoms with Gasteiger partial charge in [-0.1, -0.05) is 24.3 Å². The molecule has 1 atom stereocenters. The third kappa shape index (κ3) is 6.07. The molecule has 1 fully saturated rings. The Morgan fingerprint density at radius 2 is 1.97 bits per heavy atom. The van der Waals surface area contributed by atoms with Crippen LogP contribution in [0.15, 0.2) is 42.5 Å². The lowest BCUT2D eigenvalue weighted by atomic mass is 10.1. The molecule has 2 amide bonds. The molecule has 6 heteroatoms. The van der Waals surface area contributed by atoms with Gasteiger partial charge in [0.25, 0.3) is 5.91 Å². The van der Waals surface area contributed by atoms with Crippen LogP contribution in [0.4, 0.5) is 5.69 Å². The predicted octanol–water partition coefficient (Wildman–Crippen LogP) is 3.64. The normalized spacial score (nSPS) is 15.6. The molecule has 0 unspecified atom stereocenters. The Morgan fingerprint density at radius 3 is 2.70 bits per heavy atom. The van der Waals surface area contributed by atoms with Crippen molar-refractivity contribution >= 4 is 17.5 Å². The molecule has 2 aromatic carbocycles. The van der Waals surface area contributed by atoms with E-state index in [1.165, 1.54) is 4.90 Å². The van der Waals surface area contributed by atoms with Crippen LogP contribution in [0.25, 0.3) is 0 Å². The monoisotopic (exact) mass is 410 g/mol. The van der Waals surface area contributed by atoms with Gasteiger partial charge in [-0.15, -0.1) is 0 Å². The average Bonchev–Trinajstić information content (AvgIpc) is 3.22. The number of aryl methyl sites for hydroxylation is 2. The van der Waals surface area contributed by atoms with Crippen LogP contribution in [0.5, 0.6) is 5.75 Å². The van der Waals surface area contributed by atoms with Gasteiger partial charge in [0, 0.05) is 18.8 Å². The lowest BCUT2D eigenvalue weighted by molar-refractivity contribution is -0.138. The summed E-state index contributed by atoms with van der Waals surface area (Å²) in [6, 6.07) is 13.3. The van der Waals surface area contributed by atoms with Crippen molar-refractivity contribution in [3.63, 3.8) is 0 Å². The maximum absolute atomic E-state index is 12.9. The highest BCUT2D eigenvalue weighted by molar-refractivity contribution is 5.95. The molecule has 160 valence electrons. The minimum atomic E-state index is -0.233. The van der Waals surface area contributed by atoms with Crippen molar-refractivity contribution < 1.29 is 19.1 Å². The summed E-state index contributed by atoms with van der Waals surface area (Å²) < 4.78 is 11.3. The standard InChI is InChI=1S/C24H30N2O4/c1-17-7-4-9-20(13-17)30-16-24(28)26(14-21-10-6-12-29-21)15-23(27)25-22-11-5-8-18(2)19(22)3/h4-5,7-9,11,13,21H,6,10,12,14-16H2,1-3H3,(H,25,27)/t21-/m0/s1. The number of rotatable bonds is 8. The number of hydrogen-bond donors (Lipinski definition) is 1. The van der Waals surface area contributed by atoms with Crippen molar-refractivity contribution in [2.24, 2.45) is 0 Å². The van der Waals surface area contributed by atoms with E-state index in [1.54, 1.807) is 0 Å². The molecule has 3 rings (SSSR count). The van der Waals surface area contributed by atoms with Crippen LogP contribution in [0.1, 0.15) is 29.5 Å². The summed E-state index contributed by atoms with van der Waals surface area (Å²) in [6.45, 7) is 6.86. The van der Waals surface area contributed by atoms with Crippen molar-refractivity contribution in [1.29, 1.82) is 0 Å². The molecular weight excluding hydrogens is 380 g/mol. The van der Waals surface area contributed by atoms with Gasteiger partial charge in [0.2, 0.25) is 5.91 Å². The van der Waals surface area contributed by atoms with Crippen molar-refractivity contribution in [3.8, 4) is 5.75 Å². The van der Waals surface area contributed by atoms with Gasteiger partial charge in [0.1, 0.15) is 12.3 Å². The fraction of sp³-hybridized carbons (Fsp3) is 0.417. The van der Waals surface area contributed by atoms with E-state index < -0.39 is 0 Å². The van der Waals surface area contributed by atoms with E-state index in [4.69, 9.17) is 9.47 Å². The summed E-state index contributed by atoms with van der Waals surface area (Å²) >= 11 is 0. The number of anilines is 1. The fourth-order valence-corrected chi connectivity index (χ4v) is 3.48. The van der Waals surface area contributed by atoms with Crippen molar-refractivity contribution in [2.75, 3.05) is 31.6 Å². The molecule has 0 saturated carbocycles. The van der Waals surface area contributed by atoms with Crippen LogP contribution in [-0.4, -0.2) is 49.1 Å². The van der Waals surface area contributed by atoms with Crippen molar-refractivity contribution in [2.45, 2.75) is 39.7 Å². The Bertz CT molecular complexity index is 891. The highest BCUT2D eigenvalue weighted by atomic mass is 16.5. The fourth-order valence-electron chi connectivity index (χ4n) is 3.48. The van der Waals surface area contributed by atoms with Crippen LogP contribution in [0, 0.1) is 20.8 Å². The number of ether oxygens (including phenoxy) is 2. The Morgan fingerprint density at radius 1 is 1.17 bits per heavy atom. The largest absolute Gasteiger partial charge is 0.484 e. The Labute approximate surface area is 178 Å². The maximum atomic E-state index is 12.9. The Hall–Kier alpha value is -2.86. The molecule has 0 aromatic heterocycles. The summed E-state index contributed by atoms with van der Waals surface area (Å²) in [7, 11) is 0. The topological polar surface area (TPSA) is 67.9 Å². The molecule has 2 aromatic rings. The summed E-state index contributed by atoms with van der Waals surface area (Å²) in [5.41, 5.74) is 3.95. The van der Waals surface area contributed by atoms with Gasteiger partial charge >= 0.3 is 0 Å². The summed E-state index contributed by atoms with van der Waals surface area (Å²) in [6.07, 6.45) is 1.82. The van der Waals surface area contributed by atoms with Crippen LogP contribution < -0.4 is 10.1 Å². The van der Waals surface area contributed by atoms with E-state index >= 15 is 0 Å². The van der Waals surface area contributed by atoms with E-state index in [0.29, 0.717) is 18.9 Å². The second kappa shape index (κ2) is 10.3. The first-order valence-corrected chi connectivity index (χ1v) is 10.4. The first kappa shape index (κ1) is 21.8. The van der Waals surface area contributed by atoms with Gasteiger partial charge in [-0.25, -0.2) is 0 Å². The zero-order valence-electron chi connectivity index (χ0n) is 17.9. The minimum Gasteiger partial charge on any atom is -0.484 e. The van der Waals surface area contributed by atoms with E-state index in [1.807, 2.05) is 63.2 Å². The van der Waals surface area contributed by atoms with Crippen LogP contribution >= 0.6 is 0 Å². The molecule has 30 heavy (non-hydrogen) atoms. The Kier molecular flexibility index (Phi) is 7.46. The zero-order valence-corrected chi connectivity index (χ0v) is 17.9. The zero-order chi connectivity index (χ0) is 21.5. The maximum Gasteiger partial charge on any atom is 0.261 e. The van der Waals surface area contributed by atoms with Gasteiger partial charge in [-0.2, -0.15) is 0 Å². The van der Waals surface area contributed by atoms with Crippen LogP contribution in [0.2, 0.25) is 0 Å². The molecule has 0 spiro atoms. The van der Waals surface area contributed by atoms with Gasteiger partial charge in [-0.05, 0) is 68.5 Å². The van der Waals surface area contributed by atoms with Crippen molar-refractivity contribution in [3.05, 3.63) is 59.2 Å². The van der Waals surface area contributed by atoms with Gasteiger partial charge < -0.3 is 19.7 Å². The lowest BCUT2D eigenvalue weighted by Crippen LogP contribution is -2.44. The smallest absolute Gasteiger partial charge is 0.261 e. The summed E-state index contributed by atoms with van der Waals surface area (Å²) in [5, 5.41) is 2.93. The molecule has 1 heterocycles. The quantitative estimate of drug-likeness (QED) is 0.722. The van der Waals surface area contributed by atoms with Gasteiger partial charge in [-0.3, -0.25) is 9.59 Å². The average molecular weight is 411 g/mol. The lowest BCUT2D eigenvalue weighted by Gasteiger charge is -2.25. The van der Waals surface area contributed by atoms with Crippen LogP contribution in [-0.2, 0) is 14.3 Å². The molecule has 1 N–H and O–H groups in total. The summed E-state index contributed by atoms with van der Waals surface area (Å²) in [5.74, 6) is 0.175. The first-order chi connectivity index (χ1) is 14.4. The number of nitrogens with zero attached hydrogens (tertiary/aromatic N) is 1. The number of amides is 2. The third-order valence-corrected chi connectivity index (χ3v) is 5.37. The molecule has 0 aliphatic carbocycles. The Balaban J connectivity index is 1.64. The molecule has 0 radical (unpaired) electrons.